The number of methoxy groups -OCH3 is 1. The number of esters is 1. The second kappa shape index (κ2) is 5.28. The fraction of sp³-hybridized carbons (Fsp3) is 0.167. The summed E-state index contributed by atoms with van der Waals surface area (Å²) in [6.07, 6.45) is -3.51. The highest BCUT2D eigenvalue weighted by Crippen LogP contribution is 2.31. The van der Waals surface area contributed by atoms with Gasteiger partial charge in [0.15, 0.2) is 0 Å². The maximum absolute atomic E-state index is 12.2. The molecule has 0 aliphatic carbocycles. The van der Waals surface area contributed by atoms with E-state index < -0.39 is 18.1 Å². The van der Waals surface area contributed by atoms with Crippen molar-refractivity contribution in [3.63, 3.8) is 0 Å². The first kappa shape index (κ1) is 14.6. The minimum Gasteiger partial charge on any atom is -0.465 e. The van der Waals surface area contributed by atoms with Gasteiger partial charge in [0.05, 0.1) is 18.2 Å². The van der Waals surface area contributed by atoms with Gasteiger partial charge in [-0.1, -0.05) is 0 Å². The number of hydrogen-bond donors (Lipinski definition) is 0. The van der Waals surface area contributed by atoms with Gasteiger partial charge in [-0.3, -0.25) is 4.98 Å². The van der Waals surface area contributed by atoms with Gasteiger partial charge in [-0.15, -0.1) is 13.2 Å². The van der Waals surface area contributed by atoms with E-state index >= 15 is 0 Å². The lowest BCUT2D eigenvalue weighted by Gasteiger charge is -2.10. The second-order valence-electron chi connectivity index (χ2n) is 3.74. The molecule has 1 heterocycles. The molecule has 0 spiro atoms. The molecule has 0 fully saturated rings. The normalized spacial score (nSPS) is 11.4. The molecule has 2 rings (SSSR count). The molecule has 0 saturated heterocycles. The number of ether oxygens (including phenoxy) is 2. The standard InChI is InChI=1S/C12H7BrF3NO3/c1-19-11(18)7-2-6-3-8(20-12(14,15)16)4-9(13)10(6)17-5-7/h2-5H,1H3. The molecule has 0 atom stereocenters. The van der Waals surface area contributed by atoms with Crippen LogP contribution in [0.5, 0.6) is 5.75 Å². The zero-order valence-corrected chi connectivity index (χ0v) is 11.6. The van der Waals surface area contributed by atoms with E-state index in [-0.39, 0.29) is 5.56 Å². The van der Waals surface area contributed by atoms with Crippen molar-refractivity contribution >= 4 is 32.8 Å². The lowest BCUT2D eigenvalue weighted by Crippen LogP contribution is -2.17. The molecule has 0 bridgehead atoms. The molecule has 0 amide bonds. The Bertz CT molecular complexity index is 673. The van der Waals surface area contributed by atoms with E-state index in [1.807, 2.05) is 0 Å². The summed E-state index contributed by atoms with van der Waals surface area (Å²) in [5, 5.41) is 0.321. The summed E-state index contributed by atoms with van der Waals surface area (Å²) >= 11 is 3.11. The molecule has 4 nitrogen and oxygen atoms in total. The van der Waals surface area contributed by atoms with Crippen LogP contribution in [0.1, 0.15) is 10.4 Å². The Kier molecular flexibility index (Phi) is 3.85. The third-order valence-electron chi connectivity index (χ3n) is 2.36. The Morgan fingerprint density at radius 1 is 1.30 bits per heavy atom. The molecule has 1 aromatic heterocycles. The van der Waals surface area contributed by atoms with Crippen LogP contribution in [0.4, 0.5) is 13.2 Å². The number of benzene rings is 1. The number of carbonyl (C=O) groups excluding carboxylic acids is 1. The smallest absolute Gasteiger partial charge is 0.465 e. The van der Waals surface area contributed by atoms with Gasteiger partial charge in [0, 0.05) is 16.1 Å². The predicted octanol–water partition coefficient (Wildman–Crippen LogP) is 3.68. The molecule has 0 aliphatic heterocycles. The monoisotopic (exact) mass is 349 g/mol. The average molecular weight is 350 g/mol. The Balaban J connectivity index is 2.53. The van der Waals surface area contributed by atoms with Crippen LogP contribution in [0.25, 0.3) is 10.9 Å². The maximum Gasteiger partial charge on any atom is 0.573 e. The van der Waals surface area contributed by atoms with Crippen LogP contribution in [0, 0.1) is 0 Å². The summed E-state index contributed by atoms with van der Waals surface area (Å²) in [4.78, 5) is 15.4. The average Bonchev–Trinajstić information content (AvgIpc) is 2.35. The van der Waals surface area contributed by atoms with E-state index in [0.29, 0.717) is 15.4 Å². The molecule has 0 aliphatic rings. The quantitative estimate of drug-likeness (QED) is 0.776. The number of alkyl halides is 3. The van der Waals surface area contributed by atoms with E-state index in [9.17, 15) is 18.0 Å². The van der Waals surface area contributed by atoms with Crippen molar-refractivity contribution in [2.75, 3.05) is 7.11 Å². The van der Waals surface area contributed by atoms with Crippen molar-refractivity contribution in [2.24, 2.45) is 0 Å². The SMILES string of the molecule is COC(=O)c1cnc2c(Br)cc(OC(F)(F)F)cc2c1. The van der Waals surface area contributed by atoms with Gasteiger partial charge in [0.2, 0.25) is 0 Å². The Morgan fingerprint density at radius 3 is 2.60 bits per heavy atom. The number of pyridine rings is 1. The van der Waals surface area contributed by atoms with Crippen LogP contribution in [0.2, 0.25) is 0 Å². The highest BCUT2D eigenvalue weighted by molar-refractivity contribution is 9.10. The van der Waals surface area contributed by atoms with Gasteiger partial charge in [0.1, 0.15) is 5.75 Å². The number of rotatable bonds is 2. The van der Waals surface area contributed by atoms with E-state index in [0.717, 1.165) is 12.1 Å². The molecule has 2 aromatic rings. The summed E-state index contributed by atoms with van der Waals surface area (Å²) in [5.74, 6) is -1.03. The summed E-state index contributed by atoms with van der Waals surface area (Å²) in [6, 6.07) is 3.68. The van der Waals surface area contributed by atoms with Gasteiger partial charge >= 0.3 is 12.3 Å². The van der Waals surface area contributed by atoms with E-state index in [2.05, 4.69) is 30.4 Å². The molecule has 20 heavy (non-hydrogen) atoms. The van der Waals surface area contributed by atoms with Crippen molar-refractivity contribution in [2.45, 2.75) is 6.36 Å². The van der Waals surface area contributed by atoms with Gasteiger partial charge in [-0.2, -0.15) is 0 Å². The molecule has 1 aromatic carbocycles. The minimum absolute atomic E-state index is 0.135. The molecule has 0 unspecified atom stereocenters. The number of fused-ring (bicyclic) bond motifs is 1. The second-order valence-corrected chi connectivity index (χ2v) is 4.59. The maximum atomic E-state index is 12.2. The zero-order valence-electron chi connectivity index (χ0n) is 9.99. The summed E-state index contributed by atoms with van der Waals surface area (Å²) in [5.41, 5.74) is 0.545. The van der Waals surface area contributed by atoms with Crippen LogP contribution >= 0.6 is 15.9 Å². The van der Waals surface area contributed by atoms with E-state index in [1.165, 1.54) is 19.4 Å². The van der Waals surface area contributed by atoms with Gasteiger partial charge < -0.3 is 9.47 Å². The topological polar surface area (TPSA) is 48.4 Å². The summed E-state index contributed by atoms with van der Waals surface area (Å²) in [7, 11) is 1.20. The molecular formula is C12H7BrF3NO3. The molecular weight excluding hydrogens is 343 g/mol. The fourth-order valence-electron chi connectivity index (χ4n) is 1.60. The first-order valence-electron chi connectivity index (χ1n) is 5.23. The number of aromatic nitrogens is 1. The number of halogens is 4. The minimum atomic E-state index is -4.79. The number of carbonyl (C=O) groups is 1. The zero-order chi connectivity index (χ0) is 14.9. The van der Waals surface area contributed by atoms with Crippen molar-refractivity contribution < 1.29 is 27.4 Å². The van der Waals surface area contributed by atoms with Crippen molar-refractivity contribution in [3.05, 3.63) is 34.4 Å². The lowest BCUT2D eigenvalue weighted by atomic mass is 10.1. The highest BCUT2D eigenvalue weighted by Gasteiger charge is 2.31. The van der Waals surface area contributed by atoms with Crippen molar-refractivity contribution in [1.29, 1.82) is 0 Å². The Hall–Kier alpha value is -1.83. The number of nitrogens with zero attached hydrogens (tertiary/aromatic N) is 1. The molecule has 0 saturated carbocycles. The van der Waals surface area contributed by atoms with Gasteiger partial charge in [-0.05, 0) is 34.1 Å². The fourth-order valence-corrected chi connectivity index (χ4v) is 2.16. The van der Waals surface area contributed by atoms with Gasteiger partial charge in [0.25, 0.3) is 0 Å². The van der Waals surface area contributed by atoms with E-state index in [1.54, 1.807) is 0 Å². The first-order chi connectivity index (χ1) is 9.30. The summed E-state index contributed by atoms with van der Waals surface area (Å²) in [6.45, 7) is 0. The lowest BCUT2D eigenvalue weighted by molar-refractivity contribution is -0.274. The summed E-state index contributed by atoms with van der Waals surface area (Å²) < 4.78 is 45.3. The van der Waals surface area contributed by atoms with Crippen LogP contribution in [0.15, 0.2) is 28.9 Å². The Morgan fingerprint density at radius 2 is 2.00 bits per heavy atom. The molecule has 0 radical (unpaired) electrons. The van der Waals surface area contributed by atoms with Crippen molar-refractivity contribution in [1.82, 2.24) is 4.98 Å². The predicted molar refractivity (Wildman–Crippen MR) is 67.5 cm³/mol. The largest absolute Gasteiger partial charge is 0.573 e. The van der Waals surface area contributed by atoms with Crippen LogP contribution < -0.4 is 4.74 Å². The molecule has 8 heteroatoms. The van der Waals surface area contributed by atoms with E-state index in [4.69, 9.17) is 0 Å². The number of hydrogen-bond acceptors (Lipinski definition) is 4. The Labute approximate surface area is 119 Å². The first-order valence-corrected chi connectivity index (χ1v) is 6.03. The van der Waals surface area contributed by atoms with Crippen molar-refractivity contribution in [3.8, 4) is 5.75 Å². The third-order valence-corrected chi connectivity index (χ3v) is 2.97. The third kappa shape index (κ3) is 3.19. The van der Waals surface area contributed by atoms with Gasteiger partial charge in [-0.25, -0.2) is 4.79 Å². The van der Waals surface area contributed by atoms with Crippen LogP contribution in [-0.4, -0.2) is 24.4 Å². The highest BCUT2D eigenvalue weighted by atomic mass is 79.9. The molecule has 106 valence electrons. The molecule has 0 N–H and O–H groups in total. The van der Waals surface area contributed by atoms with Crippen LogP contribution in [-0.2, 0) is 4.74 Å². The van der Waals surface area contributed by atoms with Crippen LogP contribution in [0.3, 0.4) is 0 Å².